The van der Waals surface area contributed by atoms with Crippen molar-refractivity contribution in [2.45, 2.75) is 26.9 Å². The summed E-state index contributed by atoms with van der Waals surface area (Å²) in [6, 6.07) is 13.5. The maximum atomic E-state index is 13.5. The van der Waals surface area contributed by atoms with E-state index in [1.807, 2.05) is 32.9 Å². The van der Waals surface area contributed by atoms with E-state index in [2.05, 4.69) is 0 Å². The molecule has 2 aliphatic rings. The lowest BCUT2D eigenvalue weighted by Gasteiger charge is -2.27. The van der Waals surface area contributed by atoms with Crippen molar-refractivity contribution in [3.05, 3.63) is 106 Å². The molecule has 162 valence electrons. The molecule has 0 fully saturated rings. The van der Waals surface area contributed by atoms with Crippen molar-refractivity contribution in [2.75, 3.05) is 0 Å². The fourth-order valence-electron chi connectivity index (χ4n) is 3.98. The summed E-state index contributed by atoms with van der Waals surface area (Å²) in [5, 5.41) is 0. The first kappa shape index (κ1) is 21.8. The number of carbonyl (C=O) groups excluding carboxylic acids is 2. The molecule has 2 nitrogen and oxygen atoms in total. The van der Waals surface area contributed by atoms with Crippen molar-refractivity contribution < 1.29 is 22.8 Å². The van der Waals surface area contributed by atoms with Gasteiger partial charge in [0.1, 0.15) is 5.57 Å². The highest BCUT2D eigenvalue weighted by atomic mass is 19.4. The first-order chi connectivity index (χ1) is 15.0. The minimum atomic E-state index is -4.75. The Kier molecular flexibility index (Phi) is 5.16. The van der Waals surface area contributed by atoms with Crippen molar-refractivity contribution in [3.8, 4) is 0 Å². The number of Topliss-reactive ketones (excluding diaryl/α,β-unsaturated/α-hetero) is 2. The Morgan fingerprint density at radius 1 is 0.625 bits per heavy atom. The second-order valence-electron chi connectivity index (χ2n) is 8.86. The minimum Gasteiger partial charge on any atom is -0.289 e. The lowest BCUT2D eigenvalue weighted by Crippen LogP contribution is -2.24. The number of ketones is 2. The summed E-state index contributed by atoms with van der Waals surface area (Å²) in [6.07, 6.45) is 1.24. The molecular weight excluding hydrogens is 413 g/mol. The van der Waals surface area contributed by atoms with Crippen molar-refractivity contribution in [3.63, 3.8) is 0 Å². The van der Waals surface area contributed by atoms with Gasteiger partial charge in [-0.3, -0.25) is 9.59 Å². The van der Waals surface area contributed by atoms with E-state index in [0.717, 1.165) is 17.2 Å². The third kappa shape index (κ3) is 3.79. The van der Waals surface area contributed by atoms with E-state index in [-0.39, 0.29) is 11.3 Å². The number of hydrogen-bond donors (Lipinski definition) is 0. The van der Waals surface area contributed by atoms with Gasteiger partial charge in [0.05, 0.1) is 0 Å². The van der Waals surface area contributed by atoms with E-state index in [4.69, 9.17) is 0 Å². The first-order valence-corrected chi connectivity index (χ1v) is 10.2. The quantitative estimate of drug-likeness (QED) is 0.484. The summed E-state index contributed by atoms with van der Waals surface area (Å²) >= 11 is 0. The van der Waals surface area contributed by atoms with Crippen molar-refractivity contribution in [1.29, 1.82) is 0 Å². The summed E-state index contributed by atoms with van der Waals surface area (Å²) in [4.78, 5) is 25.4. The number of carbonyl (C=O) groups is 2. The van der Waals surface area contributed by atoms with Crippen LogP contribution in [-0.4, -0.2) is 17.7 Å². The molecular formula is C27H21F3O2. The Hall–Kier alpha value is -3.47. The number of allylic oxidation sites excluding steroid dienone is 8. The predicted molar refractivity (Wildman–Crippen MR) is 119 cm³/mol. The van der Waals surface area contributed by atoms with Gasteiger partial charge in [-0.15, -0.1) is 0 Å². The Balaban J connectivity index is 1.91. The predicted octanol–water partition coefficient (Wildman–Crippen LogP) is 7.01. The third-order valence-corrected chi connectivity index (χ3v) is 5.61. The molecule has 2 aliphatic carbocycles. The van der Waals surface area contributed by atoms with Crippen LogP contribution in [0.2, 0.25) is 0 Å². The topological polar surface area (TPSA) is 34.1 Å². The SMILES string of the molecule is CC(C)(C)C1=C/C(=C/C=C2/C=C(C(F)(F)F)C(=O)c3ccccc32)c2ccccc2C1=O. The summed E-state index contributed by atoms with van der Waals surface area (Å²) < 4.78 is 40.5. The van der Waals surface area contributed by atoms with E-state index >= 15 is 0 Å². The molecule has 2 aromatic carbocycles. The van der Waals surface area contributed by atoms with Gasteiger partial charge in [-0.1, -0.05) is 81.5 Å². The van der Waals surface area contributed by atoms with Gasteiger partial charge in [-0.25, -0.2) is 0 Å². The third-order valence-electron chi connectivity index (χ3n) is 5.61. The molecule has 0 radical (unpaired) electrons. The number of fused-ring (bicyclic) bond motifs is 2. The number of hydrogen-bond acceptors (Lipinski definition) is 2. The number of alkyl halides is 3. The Morgan fingerprint density at radius 2 is 1.00 bits per heavy atom. The molecule has 0 aromatic heterocycles. The van der Waals surface area contributed by atoms with E-state index in [9.17, 15) is 22.8 Å². The monoisotopic (exact) mass is 434 g/mol. The lowest BCUT2D eigenvalue weighted by molar-refractivity contribution is -0.0887. The minimum absolute atomic E-state index is 0.0251. The maximum Gasteiger partial charge on any atom is 0.420 e. The van der Waals surface area contributed by atoms with Gasteiger partial charge >= 0.3 is 6.18 Å². The molecule has 0 N–H and O–H groups in total. The van der Waals surface area contributed by atoms with Crippen LogP contribution in [0.15, 0.2) is 84.0 Å². The zero-order valence-electron chi connectivity index (χ0n) is 17.9. The molecule has 0 spiro atoms. The number of halogens is 3. The molecule has 0 unspecified atom stereocenters. The average molecular weight is 434 g/mol. The van der Waals surface area contributed by atoms with E-state index in [0.29, 0.717) is 22.3 Å². The van der Waals surface area contributed by atoms with Crippen LogP contribution in [0.3, 0.4) is 0 Å². The zero-order chi connectivity index (χ0) is 23.3. The van der Waals surface area contributed by atoms with Gasteiger partial charge in [-0.05, 0) is 39.8 Å². The molecule has 0 heterocycles. The molecule has 0 atom stereocenters. The van der Waals surface area contributed by atoms with Gasteiger partial charge in [0.2, 0.25) is 0 Å². The van der Waals surface area contributed by atoms with Crippen LogP contribution in [0.1, 0.15) is 52.6 Å². The molecule has 32 heavy (non-hydrogen) atoms. The fraction of sp³-hybridized carbons (Fsp3) is 0.185. The van der Waals surface area contributed by atoms with Gasteiger partial charge in [0, 0.05) is 16.7 Å². The summed E-state index contributed by atoms with van der Waals surface area (Å²) in [7, 11) is 0. The zero-order valence-corrected chi connectivity index (χ0v) is 17.9. The summed E-state index contributed by atoms with van der Waals surface area (Å²) in [5.74, 6) is -1.08. The molecule has 4 rings (SSSR count). The Morgan fingerprint density at radius 3 is 1.41 bits per heavy atom. The van der Waals surface area contributed by atoms with Crippen molar-refractivity contribution >= 4 is 22.7 Å². The van der Waals surface area contributed by atoms with Crippen LogP contribution in [0, 0.1) is 5.41 Å². The number of rotatable bonds is 1. The molecule has 5 heteroatoms. The first-order valence-electron chi connectivity index (χ1n) is 10.2. The van der Waals surface area contributed by atoms with E-state index in [1.54, 1.807) is 48.6 Å². The molecule has 0 aliphatic heterocycles. The van der Waals surface area contributed by atoms with Crippen molar-refractivity contribution in [1.82, 2.24) is 0 Å². The van der Waals surface area contributed by atoms with Crippen LogP contribution in [-0.2, 0) is 0 Å². The largest absolute Gasteiger partial charge is 0.420 e. The van der Waals surface area contributed by atoms with Crippen LogP contribution in [0.25, 0.3) is 11.1 Å². The second kappa shape index (κ2) is 7.59. The van der Waals surface area contributed by atoms with Crippen LogP contribution in [0.5, 0.6) is 0 Å². The van der Waals surface area contributed by atoms with E-state index in [1.165, 1.54) is 6.07 Å². The van der Waals surface area contributed by atoms with Crippen LogP contribution in [0.4, 0.5) is 13.2 Å². The van der Waals surface area contributed by atoms with Crippen LogP contribution >= 0.6 is 0 Å². The molecule has 0 amide bonds. The normalized spacial score (nSPS) is 18.9. The summed E-state index contributed by atoms with van der Waals surface area (Å²) in [5.41, 5.74) is 1.83. The summed E-state index contributed by atoms with van der Waals surface area (Å²) in [6.45, 7) is 5.84. The van der Waals surface area contributed by atoms with Gasteiger partial charge in [-0.2, -0.15) is 13.2 Å². The fourth-order valence-corrected chi connectivity index (χ4v) is 3.98. The standard InChI is InChI=1S/C27H21F3O2/c1-26(2,3)22-14-16(18-8-4-6-10-20(18)24(22)31)12-13-17-15-23(27(28,29)30)25(32)21-11-7-5-9-19(17)21/h4-15H,1-3H3/b16-12-,17-13-. The highest BCUT2D eigenvalue weighted by Gasteiger charge is 2.41. The second-order valence-corrected chi connectivity index (χ2v) is 8.86. The average Bonchev–Trinajstić information content (AvgIpc) is 2.73. The molecule has 0 saturated heterocycles. The van der Waals surface area contributed by atoms with Crippen LogP contribution < -0.4 is 0 Å². The van der Waals surface area contributed by atoms with Crippen molar-refractivity contribution in [2.24, 2.45) is 5.41 Å². The van der Waals surface area contributed by atoms with Gasteiger partial charge in [0.15, 0.2) is 11.6 Å². The molecule has 0 bridgehead atoms. The highest BCUT2D eigenvalue weighted by Crippen LogP contribution is 2.39. The Labute approximate surface area is 184 Å². The molecule has 2 aromatic rings. The smallest absolute Gasteiger partial charge is 0.289 e. The Bertz CT molecular complexity index is 1160. The number of benzene rings is 2. The molecule has 0 saturated carbocycles. The highest BCUT2D eigenvalue weighted by molar-refractivity contribution is 6.18. The van der Waals surface area contributed by atoms with Gasteiger partial charge < -0.3 is 0 Å². The lowest BCUT2D eigenvalue weighted by atomic mass is 9.75. The van der Waals surface area contributed by atoms with E-state index < -0.39 is 22.9 Å². The van der Waals surface area contributed by atoms with Gasteiger partial charge in [0.25, 0.3) is 0 Å². The maximum absolute atomic E-state index is 13.5.